The van der Waals surface area contributed by atoms with E-state index in [0.29, 0.717) is 12.3 Å². The van der Waals surface area contributed by atoms with Crippen LogP contribution in [0.25, 0.3) is 11.0 Å². The Bertz CT molecular complexity index is 619. The van der Waals surface area contributed by atoms with Gasteiger partial charge in [-0.2, -0.15) is 0 Å². The molecule has 0 radical (unpaired) electrons. The van der Waals surface area contributed by atoms with Crippen molar-refractivity contribution in [2.45, 2.75) is 32.4 Å². The predicted molar refractivity (Wildman–Crippen MR) is 86.9 cm³/mol. The highest BCUT2D eigenvalue weighted by atomic mass is 79.9. The van der Waals surface area contributed by atoms with Gasteiger partial charge in [0.1, 0.15) is 12.4 Å². The predicted octanol–water partition coefficient (Wildman–Crippen LogP) is 3.92. The average molecular weight is 355 g/mol. The van der Waals surface area contributed by atoms with E-state index in [1.54, 1.807) is 12.4 Å². The zero-order valence-corrected chi connectivity index (χ0v) is 14.6. The maximum absolute atomic E-state index is 11.1. The van der Waals surface area contributed by atoms with Crippen molar-refractivity contribution < 1.29 is 9.53 Å². The first kappa shape index (κ1) is 15.4. The quantitative estimate of drug-likeness (QED) is 0.448. The van der Waals surface area contributed by atoms with Crippen LogP contribution in [0.15, 0.2) is 22.9 Å². The standard InChI is InChI=1S/C14H19BrN2O2Si/c1-20(2,3)5-4-19-10-17-8-11(9-18)13-6-12(15)7-16-14(13)17/h6-9H,4-5,10H2,1-3H3. The zero-order valence-electron chi connectivity index (χ0n) is 12.0. The zero-order chi connectivity index (χ0) is 14.8. The van der Waals surface area contributed by atoms with Gasteiger partial charge in [-0.25, -0.2) is 4.98 Å². The second-order valence-electron chi connectivity index (χ2n) is 6.04. The molecule has 108 valence electrons. The monoisotopic (exact) mass is 354 g/mol. The van der Waals surface area contributed by atoms with E-state index in [1.165, 1.54) is 0 Å². The van der Waals surface area contributed by atoms with Crippen LogP contribution in [0.4, 0.5) is 0 Å². The fraction of sp³-hybridized carbons (Fsp3) is 0.429. The van der Waals surface area contributed by atoms with E-state index in [4.69, 9.17) is 4.74 Å². The number of rotatable bonds is 6. The van der Waals surface area contributed by atoms with Crippen molar-refractivity contribution in [2.75, 3.05) is 6.61 Å². The normalized spacial score (nSPS) is 12.0. The highest BCUT2D eigenvalue weighted by Crippen LogP contribution is 2.22. The number of aldehydes is 1. The molecule has 0 aliphatic carbocycles. The number of carbonyl (C=O) groups excluding carboxylic acids is 1. The third-order valence-electron chi connectivity index (χ3n) is 3.07. The molecule has 0 atom stereocenters. The van der Waals surface area contributed by atoms with Gasteiger partial charge in [-0.15, -0.1) is 0 Å². The summed E-state index contributed by atoms with van der Waals surface area (Å²) in [6, 6.07) is 3.04. The van der Waals surface area contributed by atoms with Crippen LogP contribution in [-0.4, -0.2) is 30.5 Å². The summed E-state index contributed by atoms with van der Waals surface area (Å²) in [5.74, 6) is 0. The molecule has 6 heteroatoms. The van der Waals surface area contributed by atoms with Crippen LogP contribution >= 0.6 is 15.9 Å². The summed E-state index contributed by atoms with van der Waals surface area (Å²) in [7, 11) is -1.07. The lowest BCUT2D eigenvalue weighted by Gasteiger charge is -2.15. The highest BCUT2D eigenvalue weighted by molar-refractivity contribution is 9.10. The smallest absolute Gasteiger partial charge is 0.152 e. The lowest BCUT2D eigenvalue weighted by molar-refractivity contribution is 0.0897. The molecule has 4 nitrogen and oxygen atoms in total. The molecule has 0 aromatic carbocycles. The van der Waals surface area contributed by atoms with Crippen molar-refractivity contribution in [3.8, 4) is 0 Å². The molecule has 0 aliphatic heterocycles. The summed E-state index contributed by atoms with van der Waals surface area (Å²) in [5, 5.41) is 0.850. The number of nitrogens with zero attached hydrogens (tertiary/aromatic N) is 2. The molecule has 2 aromatic heterocycles. The lowest BCUT2D eigenvalue weighted by Crippen LogP contribution is -2.22. The molecule has 0 unspecified atom stereocenters. The van der Waals surface area contributed by atoms with E-state index >= 15 is 0 Å². The number of hydrogen-bond acceptors (Lipinski definition) is 3. The van der Waals surface area contributed by atoms with Crippen LogP contribution in [0.5, 0.6) is 0 Å². The topological polar surface area (TPSA) is 44.1 Å². The van der Waals surface area contributed by atoms with Gasteiger partial charge in [0.2, 0.25) is 0 Å². The largest absolute Gasteiger partial charge is 0.361 e. The Balaban J connectivity index is 2.12. The summed E-state index contributed by atoms with van der Waals surface area (Å²) >= 11 is 3.38. The van der Waals surface area contributed by atoms with E-state index in [0.717, 1.165) is 34.4 Å². The first-order chi connectivity index (χ1) is 9.40. The number of carbonyl (C=O) groups is 1. The fourth-order valence-corrected chi connectivity index (χ4v) is 2.99. The first-order valence-corrected chi connectivity index (χ1v) is 11.1. The van der Waals surface area contributed by atoms with Crippen LogP contribution < -0.4 is 0 Å². The number of hydrogen-bond donors (Lipinski definition) is 0. The maximum Gasteiger partial charge on any atom is 0.152 e. The van der Waals surface area contributed by atoms with Gasteiger partial charge < -0.3 is 9.30 Å². The van der Waals surface area contributed by atoms with Crippen molar-refractivity contribution >= 4 is 41.3 Å². The molecule has 0 fully saturated rings. The van der Waals surface area contributed by atoms with Crippen molar-refractivity contribution in [3.05, 3.63) is 28.5 Å². The third kappa shape index (κ3) is 3.77. The third-order valence-corrected chi connectivity index (χ3v) is 5.20. The van der Waals surface area contributed by atoms with Gasteiger partial charge in [0, 0.05) is 42.5 Å². The Labute approximate surface area is 128 Å². The van der Waals surface area contributed by atoms with Gasteiger partial charge in [-0.1, -0.05) is 19.6 Å². The highest BCUT2D eigenvalue weighted by Gasteiger charge is 2.13. The van der Waals surface area contributed by atoms with Crippen LogP contribution in [0.2, 0.25) is 25.7 Å². The maximum atomic E-state index is 11.1. The molecule has 0 aliphatic rings. The van der Waals surface area contributed by atoms with Crippen molar-refractivity contribution in [2.24, 2.45) is 0 Å². The van der Waals surface area contributed by atoms with E-state index in [9.17, 15) is 4.79 Å². The molecule has 0 bridgehead atoms. The molecule has 0 amide bonds. The number of fused-ring (bicyclic) bond motifs is 1. The minimum absolute atomic E-state index is 0.434. The molecule has 0 saturated heterocycles. The Morgan fingerprint density at radius 2 is 2.20 bits per heavy atom. The van der Waals surface area contributed by atoms with E-state index in [-0.39, 0.29) is 0 Å². The van der Waals surface area contributed by atoms with Crippen molar-refractivity contribution in [1.29, 1.82) is 0 Å². The van der Waals surface area contributed by atoms with Crippen LogP contribution in [0, 0.1) is 0 Å². The average Bonchev–Trinajstić information content (AvgIpc) is 2.71. The van der Waals surface area contributed by atoms with Gasteiger partial charge in [0.15, 0.2) is 6.29 Å². The first-order valence-electron chi connectivity index (χ1n) is 6.58. The minimum atomic E-state index is -1.07. The Hall–Kier alpha value is -0.983. The molecule has 2 aromatic rings. The molecular formula is C14H19BrN2O2Si. The SMILES string of the molecule is C[Si](C)(C)CCOCn1cc(C=O)c2cc(Br)cnc21. The van der Waals surface area contributed by atoms with Crippen LogP contribution in [0.3, 0.4) is 0 Å². The molecule has 0 saturated carbocycles. The van der Waals surface area contributed by atoms with Gasteiger partial charge in [0.05, 0.1) is 0 Å². The summed E-state index contributed by atoms with van der Waals surface area (Å²) in [5.41, 5.74) is 1.42. The minimum Gasteiger partial charge on any atom is -0.361 e. The van der Waals surface area contributed by atoms with Crippen molar-refractivity contribution in [1.82, 2.24) is 9.55 Å². The lowest BCUT2D eigenvalue weighted by atomic mass is 10.2. The second-order valence-corrected chi connectivity index (χ2v) is 12.6. The van der Waals surface area contributed by atoms with Crippen LogP contribution in [-0.2, 0) is 11.5 Å². The van der Waals surface area contributed by atoms with E-state index in [2.05, 4.69) is 40.6 Å². The Kier molecular flexibility index (Phi) is 4.77. The molecule has 2 rings (SSSR count). The Morgan fingerprint density at radius 1 is 1.45 bits per heavy atom. The van der Waals surface area contributed by atoms with Gasteiger partial charge in [0.25, 0.3) is 0 Å². The van der Waals surface area contributed by atoms with Crippen molar-refractivity contribution in [3.63, 3.8) is 0 Å². The number of aromatic nitrogens is 2. The summed E-state index contributed by atoms with van der Waals surface area (Å²) in [4.78, 5) is 15.5. The number of pyridine rings is 1. The second kappa shape index (κ2) is 6.20. The van der Waals surface area contributed by atoms with Gasteiger partial charge in [-0.05, 0) is 28.0 Å². The summed E-state index contributed by atoms with van der Waals surface area (Å²) in [6.07, 6.45) is 4.39. The van der Waals surface area contributed by atoms with Gasteiger partial charge in [-0.3, -0.25) is 4.79 Å². The molecule has 20 heavy (non-hydrogen) atoms. The Morgan fingerprint density at radius 3 is 2.85 bits per heavy atom. The van der Waals surface area contributed by atoms with Crippen LogP contribution in [0.1, 0.15) is 10.4 Å². The molecular weight excluding hydrogens is 336 g/mol. The fourth-order valence-electron chi connectivity index (χ4n) is 1.91. The number of ether oxygens (including phenoxy) is 1. The summed E-state index contributed by atoms with van der Waals surface area (Å²) in [6.45, 7) is 8.16. The van der Waals surface area contributed by atoms with Gasteiger partial charge >= 0.3 is 0 Å². The van der Waals surface area contributed by atoms with E-state index in [1.807, 2.05) is 10.6 Å². The molecule has 0 N–H and O–H groups in total. The number of halogens is 1. The van der Waals surface area contributed by atoms with E-state index < -0.39 is 8.07 Å². The molecule has 2 heterocycles. The molecule has 0 spiro atoms. The summed E-state index contributed by atoms with van der Waals surface area (Å²) < 4.78 is 8.47.